The Hall–Kier alpha value is -1.18. The average Bonchev–Trinajstić information content (AvgIpc) is 3.35. The summed E-state index contributed by atoms with van der Waals surface area (Å²) in [6, 6.07) is 0. The Labute approximate surface area is 180 Å². The average molecular weight is 429 g/mol. The number of aliphatic hydroxyl groups excluding tert-OH is 1. The highest BCUT2D eigenvalue weighted by Crippen LogP contribution is 2.31. The maximum atomic E-state index is 12.7. The van der Waals surface area contributed by atoms with Gasteiger partial charge < -0.3 is 24.1 Å². The zero-order chi connectivity index (χ0) is 22.3. The molecule has 8 atom stereocenters. The second kappa shape index (κ2) is 12.0. The van der Waals surface area contributed by atoms with Crippen LogP contribution >= 0.6 is 0 Å². The largest absolute Gasteiger partial charge is 0.466 e. The van der Waals surface area contributed by atoms with Gasteiger partial charge in [-0.15, -0.1) is 0 Å². The van der Waals surface area contributed by atoms with Crippen LogP contribution in [0.2, 0.25) is 0 Å². The predicted octanol–water partition coefficient (Wildman–Crippen LogP) is 3.40. The third kappa shape index (κ3) is 7.20. The summed E-state index contributed by atoms with van der Waals surface area (Å²) in [7, 11) is 0. The molecule has 2 fully saturated rings. The Kier molecular flexibility index (Phi) is 10.0. The van der Waals surface area contributed by atoms with Gasteiger partial charge >= 0.3 is 11.9 Å². The van der Waals surface area contributed by atoms with Crippen LogP contribution in [0, 0.1) is 11.8 Å². The molecule has 7 heteroatoms. The first-order chi connectivity index (χ1) is 14.2. The Morgan fingerprint density at radius 1 is 0.900 bits per heavy atom. The van der Waals surface area contributed by atoms with E-state index in [9.17, 15) is 14.7 Å². The molecule has 8 unspecified atom stereocenters. The molecule has 0 bridgehead atoms. The molecule has 0 aromatic carbocycles. The van der Waals surface area contributed by atoms with Gasteiger partial charge in [0.25, 0.3) is 0 Å². The molecule has 0 aromatic rings. The van der Waals surface area contributed by atoms with Crippen LogP contribution in [0.3, 0.4) is 0 Å². The fourth-order valence-electron chi connectivity index (χ4n) is 4.37. The summed E-state index contributed by atoms with van der Waals surface area (Å²) in [6.07, 6.45) is 4.37. The number of hydrogen-bond donors (Lipinski definition) is 1. The van der Waals surface area contributed by atoms with E-state index in [0.29, 0.717) is 25.9 Å². The highest BCUT2D eigenvalue weighted by Gasteiger charge is 2.37. The summed E-state index contributed by atoms with van der Waals surface area (Å²) in [5, 5.41) is 9.53. The monoisotopic (exact) mass is 428 g/mol. The molecule has 30 heavy (non-hydrogen) atoms. The summed E-state index contributed by atoms with van der Waals surface area (Å²) in [5.74, 6) is -1.08. The van der Waals surface area contributed by atoms with Crippen LogP contribution in [-0.2, 0) is 28.5 Å². The van der Waals surface area contributed by atoms with Crippen molar-refractivity contribution in [2.24, 2.45) is 11.8 Å². The van der Waals surface area contributed by atoms with E-state index in [0.717, 1.165) is 25.7 Å². The van der Waals surface area contributed by atoms with Crippen LogP contribution in [-0.4, -0.2) is 60.3 Å². The lowest BCUT2D eigenvalue weighted by atomic mass is 10.00. The van der Waals surface area contributed by atoms with Crippen molar-refractivity contribution in [2.75, 3.05) is 6.61 Å². The van der Waals surface area contributed by atoms with Gasteiger partial charge in [-0.2, -0.15) is 0 Å². The van der Waals surface area contributed by atoms with Crippen molar-refractivity contribution in [2.45, 2.75) is 116 Å². The lowest BCUT2D eigenvalue weighted by molar-refractivity contribution is -0.161. The molecular weight excluding hydrogens is 388 g/mol. The van der Waals surface area contributed by atoms with E-state index in [1.54, 1.807) is 13.8 Å². The lowest BCUT2D eigenvalue weighted by Crippen LogP contribution is -2.33. The molecule has 2 aliphatic heterocycles. The summed E-state index contributed by atoms with van der Waals surface area (Å²) in [4.78, 5) is 24.6. The smallest absolute Gasteiger partial charge is 0.311 e. The van der Waals surface area contributed by atoms with Gasteiger partial charge in [-0.3, -0.25) is 9.59 Å². The molecule has 2 saturated heterocycles. The maximum Gasteiger partial charge on any atom is 0.311 e. The van der Waals surface area contributed by atoms with Gasteiger partial charge in [0.05, 0.1) is 49.0 Å². The van der Waals surface area contributed by atoms with Gasteiger partial charge in [0.2, 0.25) is 0 Å². The number of aliphatic hydroxyl groups is 1. The number of carbonyl (C=O) groups is 2. The van der Waals surface area contributed by atoms with Crippen LogP contribution in [0.25, 0.3) is 0 Å². The van der Waals surface area contributed by atoms with Crippen LogP contribution in [0.5, 0.6) is 0 Å². The molecule has 174 valence electrons. The van der Waals surface area contributed by atoms with Crippen LogP contribution in [0.1, 0.15) is 79.6 Å². The topological polar surface area (TPSA) is 91.3 Å². The van der Waals surface area contributed by atoms with Crippen LogP contribution < -0.4 is 0 Å². The number of esters is 2. The molecule has 2 rings (SSSR count). The number of carbonyl (C=O) groups excluding carboxylic acids is 2. The molecular formula is C23H40O7. The van der Waals surface area contributed by atoms with Crippen molar-refractivity contribution < 1.29 is 33.6 Å². The third-order valence-corrected chi connectivity index (χ3v) is 6.29. The SMILES string of the molecule is CCOC(=O)C(C)C1CCC(CC(CC)OC(=O)C(C)C2CCC(CC(C)O)O2)O1. The van der Waals surface area contributed by atoms with E-state index in [-0.39, 0.29) is 54.3 Å². The first-order valence-electron chi connectivity index (χ1n) is 11.6. The fraction of sp³-hybridized carbons (Fsp3) is 0.913. The standard InChI is InChI=1S/C23H40O7/c1-6-17(13-19-9-11-20(29-19)15(4)22(25)27-7-2)30-23(26)16(5)21-10-8-18(28-21)12-14(3)24/h14-21,24H,6-13H2,1-5H3. The van der Waals surface area contributed by atoms with E-state index < -0.39 is 6.10 Å². The predicted molar refractivity (Wildman–Crippen MR) is 112 cm³/mol. The molecule has 0 spiro atoms. The Morgan fingerprint density at radius 2 is 1.43 bits per heavy atom. The molecule has 7 nitrogen and oxygen atoms in total. The molecule has 0 saturated carbocycles. The molecule has 2 heterocycles. The van der Waals surface area contributed by atoms with E-state index in [2.05, 4.69) is 0 Å². The van der Waals surface area contributed by atoms with Gasteiger partial charge in [0, 0.05) is 6.42 Å². The van der Waals surface area contributed by atoms with E-state index >= 15 is 0 Å². The molecule has 2 aliphatic rings. The second-order valence-electron chi connectivity index (χ2n) is 8.86. The zero-order valence-electron chi connectivity index (χ0n) is 19.2. The Morgan fingerprint density at radius 3 is 1.93 bits per heavy atom. The summed E-state index contributed by atoms with van der Waals surface area (Å²) in [6.45, 7) is 9.62. The minimum Gasteiger partial charge on any atom is -0.466 e. The number of rotatable bonds is 11. The molecule has 0 aromatic heterocycles. The van der Waals surface area contributed by atoms with Crippen LogP contribution in [0.15, 0.2) is 0 Å². The van der Waals surface area contributed by atoms with E-state index in [1.807, 2.05) is 20.8 Å². The summed E-state index contributed by atoms with van der Waals surface area (Å²) < 4.78 is 22.9. The highest BCUT2D eigenvalue weighted by atomic mass is 16.6. The van der Waals surface area contributed by atoms with Gasteiger partial charge in [0.15, 0.2) is 0 Å². The van der Waals surface area contributed by atoms with Crippen molar-refractivity contribution in [3.05, 3.63) is 0 Å². The van der Waals surface area contributed by atoms with Crippen molar-refractivity contribution >= 4 is 11.9 Å². The van der Waals surface area contributed by atoms with Crippen LogP contribution in [0.4, 0.5) is 0 Å². The normalized spacial score (nSPS) is 30.5. The molecule has 0 aliphatic carbocycles. The Bertz CT molecular complexity index is 550. The van der Waals surface area contributed by atoms with Crippen molar-refractivity contribution in [1.29, 1.82) is 0 Å². The zero-order valence-corrected chi connectivity index (χ0v) is 19.2. The summed E-state index contributed by atoms with van der Waals surface area (Å²) >= 11 is 0. The van der Waals surface area contributed by atoms with E-state index in [4.69, 9.17) is 18.9 Å². The number of ether oxygens (including phenoxy) is 4. The highest BCUT2D eigenvalue weighted by molar-refractivity contribution is 5.73. The van der Waals surface area contributed by atoms with Gasteiger partial charge in [0.1, 0.15) is 6.10 Å². The quantitative estimate of drug-likeness (QED) is 0.504. The van der Waals surface area contributed by atoms with Gasteiger partial charge in [-0.25, -0.2) is 0 Å². The summed E-state index contributed by atoms with van der Waals surface area (Å²) in [5.41, 5.74) is 0. The number of hydrogen-bond acceptors (Lipinski definition) is 7. The fourth-order valence-corrected chi connectivity index (χ4v) is 4.37. The Balaban J connectivity index is 1.78. The third-order valence-electron chi connectivity index (χ3n) is 6.29. The van der Waals surface area contributed by atoms with Crippen molar-refractivity contribution in [1.82, 2.24) is 0 Å². The van der Waals surface area contributed by atoms with Gasteiger partial charge in [-0.1, -0.05) is 6.92 Å². The second-order valence-corrected chi connectivity index (χ2v) is 8.86. The molecule has 1 N–H and O–H groups in total. The minimum atomic E-state index is -0.401. The first kappa shape index (κ1) is 25.1. The maximum absolute atomic E-state index is 12.7. The first-order valence-corrected chi connectivity index (χ1v) is 11.6. The molecule has 0 radical (unpaired) electrons. The molecule has 0 amide bonds. The minimum absolute atomic E-state index is 0.0115. The van der Waals surface area contributed by atoms with E-state index in [1.165, 1.54) is 0 Å². The van der Waals surface area contributed by atoms with Crippen molar-refractivity contribution in [3.63, 3.8) is 0 Å². The van der Waals surface area contributed by atoms with Crippen molar-refractivity contribution in [3.8, 4) is 0 Å². The van der Waals surface area contributed by atoms with Gasteiger partial charge in [-0.05, 0) is 66.2 Å². The lowest BCUT2D eigenvalue weighted by Gasteiger charge is -2.25.